The summed E-state index contributed by atoms with van der Waals surface area (Å²) in [5.74, 6) is 1.05. The first-order valence-electron chi connectivity index (χ1n) is 6.90. The Morgan fingerprint density at radius 3 is 2.72 bits per heavy atom. The van der Waals surface area contributed by atoms with Crippen LogP contribution in [0.15, 0.2) is 28.7 Å². The maximum atomic E-state index is 5.81. The number of fused-ring (bicyclic) bond motifs is 1. The number of aryl methyl sites for hydroxylation is 1. The van der Waals surface area contributed by atoms with E-state index in [-0.39, 0.29) is 0 Å². The van der Waals surface area contributed by atoms with Crippen molar-refractivity contribution in [1.29, 1.82) is 0 Å². The van der Waals surface area contributed by atoms with Crippen LogP contribution in [0.3, 0.4) is 0 Å². The zero-order valence-corrected chi connectivity index (χ0v) is 11.3. The van der Waals surface area contributed by atoms with Crippen LogP contribution in [0.5, 0.6) is 0 Å². The molecule has 0 unspecified atom stereocenters. The van der Waals surface area contributed by atoms with Gasteiger partial charge in [-0.3, -0.25) is 0 Å². The Morgan fingerprint density at radius 1 is 1.22 bits per heavy atom. The van der Waals surface area contributed by atoms with Crippen molar-refractivity contribution in [2.45, 2.75) is 51.6 Å². The highest BCUT2D eigenvalue weighted by atomic mass is 16.3. The van der Waals surface area contributed by atoms with Crippen LogP contribution in [0, 0.1) is 6.92 Å². The minimum atomic E-state index is 0.324. The van der Waals surface area contributed by atoms with Gasteiger partial charge in [-0.15, -0.1) is 0 Å². The molecule has 1 aromatic heterocycles. The number of rotatable bonds is 3. The Bertz CT molecular complexity index is 549. The van der Waals surface area contributed by atoms with Crippen LogP contribution in [0.4, 0.5) is 0 Å². The van der Waals surface area contributed by atoms with E-state index in [1.54, 1.807) is 0 Å². The summed E-state index contributed by atoms with van der Waals surface area (Å²) >= 11 is 0. The predicted octanol–water partition coefficient (Wildman–Crippen LogP) is 4.16. The van der Waals surface area contributed by atoms with Crippen molar-refractivity contribution in [3.63, 3.8) is 0 Å². The molecule has 2 nitrogen and oxygen atoms in total. The fraction of sp³-hybridized carbons (Fsp3) is 0.500. The molecule has 1 aromatic carbocycles. The summed E-state index contributed by atoms with van der Waals surface area (Å²) in [6, 6.07) is 8.31. The summed E-state index contributed by atoms with van der Waals surface area (Å²) in [7, 11) is 0. The molecule has 1 N–H and O–H groups in total. The zero-order valence-electron chi connectivity index (χ0n) is 11.3. The van der Waals surface area contributed by atoms with E-state index < -0.39 is 0 Å². The van der Waals surface area contributed by atoms with Crippen molar-refractivity contribution in [3.8, 4) is 0 Å². The monoisotopic (exact) mass is 243 g/mol. The average molecular weight is 243 g/mol. The van der Waals surface area contributed by atoms with E-state index in [0.717, 1.165) is 17.9 Å². The van der Waals surface area contributed by atoms with Crippen molar-refractivity contribution in [1.82, 2.24) is 5.32 Å². The van der Waals surface area contributed by atoms with Gasteiger partial charge < -0.3 is 9.73 Å². The molecule has 0 atom stereocenters. The molecule has 2 heteroatoms. The van der Waals surface area contributed by atoms with Gasteiger partial charge in [0.05, 0.1) is 0 Å². The molecular formula is C16H21NO. The number of benzene rings is 1. The third-order valence-electron chi connectivity index (χ3n) is 4.30. The van der Waals surface area contributed by atoms with Gasteiger partial charge in [0.1, 0.15) is 11.3 Å². The van der Waals surface area contributed by atoms with E-state index in [2.05, 4.69) is 31.3 Å². The van der Waals surface area contributed by atoms with E-state index in [9.17, 15) is 0 Å². The number of para-hydroxylation sites is 1. The van der Waals surface area contributed by atoms with E-state index in [0.29, 0.717) is 5.54 Å². The third-order valence-corrected chi connectivity index (χ3v) is 4.30. The predicted molar refractivity (Wildman–Crippen MR) is 74.7 cm³/mol. The molecule has 1 saturated carbocycles. The van der Waals surface area contributed by atoms with Crippen LogP contribution < -0.4 is 5.32 Å². The molecular weight excluding hydrogens is 222 g/mol. The number of hydrogen-bond acceptors (Lipinski definition) is 2. The van der Waals surface area contributed by atoms with E-state index in [1.807, 2.05) is 12.1 Å². The first-order chi connectivity index (χ1) is 8.68. The van der Waals surface area contributed by atoms with E-state index in [4.69, 9.17) is 4.42 Å². The van der Waals surface area contributed by atoms with Crippen LogP contribution in [-0.2, 0) is 6.54 Å². The largest absolute Gasteiger partial charge is 0.461 e. The lowest BCUT2D eigenvalue weighted by Gasteiger charge is -2.25. The second-order valence-corrected chi connectivity index (χ2v) is 5.75. The maximum absolute atomic E-state index is 5.81. The molecule has 0 radical (unpaired) electrons. The summed E-state index contributed by atoms with van der Waals surface area (Å²) in [6.45, 7) is 5.32. The summed E-state index contributed by atoms with van der Waals surface area (Å²) in [4.78, 5) is 0. The molecule has 1 aliphatic rings. The second kappa shape index (κ2) is 4.43. The van der Waals surface area contributed by atoms with Gasteiger partial charge in [0.15, 0.2) is 0 Å². The highest BCUT2D eigenvalue weighted by Gasteiger charge is 2.28. The Labute approximate surface area is 108 Å². The zero-order chi connectivity index (χ0) is 12.6. The van der Waals surface area contributed by atoms with Gasteiger partial charge in [-0.05, 0) is 32.8 Å². The fourth-order valence-corrected chi connectivity index (χ4v) is 3.07. The highest BCUT2D eigenvalue weighted by Crippen LogP contribution is 2.31. The topological polar surface area (TPSA) is 25.2 Å². The molecule has 1 fully saturated rings. The molecule has 1 aliphatic carbocycles. The Morgan fingerprint density at radius 2 is 1.94 bits per heavy atom. The number of furan rings is 1. The summed E-state index contributed by atoms with van der Waals surface area (Å²) in [6.07, 6.45) is 5.30. The van der Waals surface area contributed by atoms with Crippen molar-refractivity contribution in [2.75, 3.05) is 0 Å². The van der Waals surface area contributed by atoms with Crippen LogP contribution >= 0.6 is 0 Å². The molecule has 0 aliphatic heterocycles. The summed E-state index contributed by atoms with van der Waals surface area (Å²) in [5, 5.41) is 4.99. The first-order valence-corrected chi connectivity index (χ1v) is 6.90. The van der Waals surface area contributed by atoms with Gasteiger partial charge >= 0.3 is 0 Å². The summed E-state index contributed by atoms with van der Waals surface area (Å²) < 4.78 is 5.81. The molecule has 0 spiro atoms. The van der Waals surface area contributed by atoms with Gasteiger partial charge in [0.25, 0.3) is 0 Å². The van der Waals surface area contributed by atoms with Crippen molar-refractivity contribution < 1.29 is 4.42 Å². The lowest BCUT2D eigenvalue weighted by atomic mass is 10.00. The Hall–Kier alpha value is -1.28. The number of nitrogens with one attached hydrogen (secondary N) is 1. The van der Waals surface area contributed by atoms with Gasteiger partial charge in [-0.1, -0.05) is 31.0 Å². The number of hydrogen-bond donors (Lipinski definition) is 1. The van der Waals surface area contributed by atoms with Crippen LogP contribution in [0.2, 0.25) is 0 Å². The van der Waals surface area contributed by atoms with Crippen LogP contribution in [-0.4, -0.2) is 5.54 Å². The fourth-order valence-electron chi connectivity index (χ4n) is 3.07. The minimum absolute atomic E-state index is 0.324. The van der Waals surface area contributed by atoms with Crippen molar-refractivity contribution in [2.24, 2.45) is 0 Å². The third kappa shape index (κ3) is 2.05. The van der Waals surface area contributed by atoms with Gasteiger partial charge in [0.2, 0.25) is 0 Å². The SMILES string of the molecule is Cc1oc2ccccc2c1CNC1(C)CCCC1. The highest BCUT2D eigenvalue weighted by molar-refractivity contribution is 5.82. The van der Waals surface area contributed by atoms with Gasteiger partial charge in [-0.25, -0.2) is 0 Å². The van der Waals surface area contributed by atoms with Crippen molar-refractivity contribution in [3.05, 3.63) is 35.6 Å². The second-order valence-electron chi connectivity index (χ2n) is 5.75. The molecule has 18 heavy (non-hydrogen) atoms. The standard InChI is InChI=1S/C16H21NO/c1-12-14(11-17-16(2)9-5-6-10-16)13-7-3-4-8-15(13)18-12/h3-4,7-8,17H,5-6,9-11H2,1-2H3. The van der Waals surface area contributed by atoms with Crippen LogP contribution in [0.25, 0.3) is 11.0 Å². The van der Waals surface area contributed by atoms with Gasteiger partial charge in [-0.2, -0.15) is 0 Å². The molecule has 0 saturated heterocycles. The Kier molecular flexibility index (Phi) is 2.90. The molecule has 0 bridgehead atoms. The molecule has 0 amide bonds. The van der Waals surface area contributed by atoms with Crippen LogP contribution in [0.1, 0.15) is 43.9 Å². The lowest BCUT2D eigenvalue weighted by Crippen LogP contribution is -2.38. The lowest BCUT2D eigenvalue weighted by molar-refractivity contribution is 0.361. The van der Waals surface area contributed by atoms with E-state index in [1.165, 1.54) is 36.6 Å². The molecule has 2 aromatic rings. The molecule has 3 rings (SSSR count). The minimum Gasteiger partial charge on any atom is -0.461 e. The van der Waals surface area contributed by atoms with Gasteiger partial charge in [0, 0.05) is 23.0 Å². The Balaban J connectivity index is 1.84. The smallest absolute Gasteiger partial charge is 0.134 e. The first kappa shape index (κ1) is 11.8. The maximum Gasteiger partial charge on any atom is 0.134 e. The quantitative estimate of drug-likeness (QED) is 0.875. The molecule has 96 valence electrons. The average Bonchev–Trinajstić information content (AvgIpc) is 2.91. The molecule has 1 heterocycles. The van der Waals surface area contributed by atoms with E-state index >= 15 is 0 Å². The normalized spacial score (nSPS) is 18.6. The summed E-state index contributed by atoms with van der Waals surface area (Å²) in [5.41, 5.74) is 2.65. The van der Waals surface area contributed by atoms with Crippen molar-refractivity contribution >= 4 is 11.0 Å².